The molecule has 10 bridgehead atoms. The lowest BCUT2D eigenvalue weighted by molar-refractivity contribution is -0.150. The van der Waals surface area contributed by atoms with Gasteiger partial charge in [0, 0.05) is 58.7 Å². The molecule has 8 saturated heterocycles. The number of aliphatic hydroxyl groups excluding tert-OH is 1. The number of carbonyl (C=O) groups is 14. The van der Waals surface area contributed by atoms with E-state index in [1.807, 2.05) is 95.2 Å². The summed E-state index contributed by atoms with van der Waals surface area (Å²) in [7, 11) is 6.35. The first-order chi connectivity index (χ1) is 51.6. The third-order valence-electron chi connectivity index (χ3n) is 17.8. The number of hydrogen-bond donors (Lipinski definition) is 1. The molecule has 32 nitrogen and oxygen atoms in total. The third-order valence-corrected chi connectivity index (χ3v) is 19.1. The van der Waals surface area contributed by atoms with Gasteiger partial charge in [-0.15, -0.1) is 6.42 Å². The number of rotatable bonds is 3. The lowest BCUT2D eigenvalue weighted by atomic mass is 9.88. The average Bonchev–Trinajstić information content (AvgIpc) is 1.60. The van der Waals surface area contributed by atoms with Crippen LogP contribution in [-0.4, -0.2) is 258 Å². The number of carbonyl (C=O) groups excluding carboxylic acids is 14. The molecule has 0 aliphatic carbocycles. The molecule has 0 radical (unpaired) electrons. The fourth-order valence-electron chi connectivity index (χ4n) is 13.6. The first-order valence-corrected chi connectivity index (χ1v) is 38.1. The van der Waals surface area contributed by atoms with Crippen LogP contribution in [0.2, 0.25) is 0 Å². The molecule has 11 heterocycles. The van der Waals surface area contributed by atoms with Crippen LogP contribution in [-0.2, 0) is 90.5 Å². The number of amides is 5. The first-order valence-electron chi connectivity index (χ1n) is 36.4. The molecule has 34 heteroatoms. The molecule has 1 aromatic heterocycles. The summed E-state index contributed by atoms with van der Waals surface area (Å²) in [5, 5.41) is 9.69. The normalized spacial score (nSPS) is 26.0. The molecule has 1 aromatic rings. The fourth-order valence-corrected chi connectivity index (χ4v) is 14.7. The van der Waals surface area contributed by atoms with Crippen molar-refractivity contribution in [2.45, 2.75) is 281 Å². The van der Waals surface area contributed by atoms with E-state index < -0.39 is 112 Å². The van der Waals surface area contributed by atoms with E-state index in [1.165, 1.54) is 49.9 Å². The maximum atomic E-state index is 12.2. The quantitative estimate of drug-likeness (QED) is 0.0559. The van der Waals surface area contributed by atoms with Gasteiger partial charge >= 0.3 is 66.4 Å². The Morgan fingerprint density at radius 2 is 0.857 bits per heavy atom. The number of hydrogen-bond acceptors (Lipinski definition) is 26. The number of fused-ring (bicyclic) bond motifs is 10. The Labute approximate surface area is 671 Å². The van der Waals surface area contributed by atoms with Crippen LogP contribution < -0.4 is 0 Å². The zero-order valence-corrected chi connectivity index (χ0v) is 71.3. The van der Waals surface area contributed by atoms with Crippen LogP contribution >= 0.6 is 31.9 Å². The highest BCUT2D eigenvalue weighted by Crippen LogP contribution is 2.45. The number of halogens is 2. The van der Waals surface area contributed by atoms with Gasteiger partial charge in [-0.1, -0.05) is 40.2 Å². The van der Waals surface area contributed by atoms with Gasteiger partial charge < -0.3 is 57.2 Å². The van der Waals surface area contributed by atoms with E-state index in [-0.39, 0.29) is 94.7 Å². The largest absolute Gasteiger partial charge is 0.469 e. The predicted molar refractivity (Wildman–Crippen MR) is 409 cm³/mol. The first kappa shape index (κ1) is 95.4. The molecule has 8 fully saturated rings. The topological polar surface area (TPSA) is 382 Å². The average molecular weight is 1710 g/mol. The monoisotopic (exact) mass is 1700 g/mol. The summed E-state index contributed by atoms with van der Waals surface area (Å²) in [4.78, 5) is 171. The third kappa shape index (κ3) is 26.3. The second-order valence-electron chi connectivity index (χ2n) is 33.0. The highest BCUT2D eigenvalue weighted by Gasteiger charge is 2.60. The molecule has 112 heavy (non-hydrogen) atoms. The van der Waals surface area contributed by atoms with Gasteiger partial charge in [0.2, 0.25) is 0 Å². The molecule has 1 N–H and O–H groups in total. The van der Waals surface area contributed by atoms with E-state index in [0.717, 1.165) is 25.7 Å². The van der Waals surface area contributed by atoms with E-state index in [9.17, 15) is 72.2 Å². The number of ether oxygens (including phenoxy) is 11. The SMILES string of the molecule is C#CC(=O)OC.CC(C)(C)OC(=O)N1C2CCC1C(=O)C2.CC(C)(C)OC(=O)N1C2CCC1C(O)C2.CC(C)(C)OC(=O)n1cccc1.COC(=O)C#CBr.COC(=O)C1C(=O)C2C=CC1N2C(=O)OC(C)(C)C.COC(=O)C1C(=O)C2CCC1N2C(=O)OC(C)(C)C.COC(=O)C1C(Br)C2C=CC1N2C(=O)OC(C)(C)C. The van der Waals surface area contributed by atoms with Crippen molar-refractivity contribution >= 4 is 116 Å². The number of methoxy groups -OCH3 is 5. The van der Waals surface area contributed by atoms with Crippen molar-refractivity contribution in [3.05, 3.63) is 48.8 Å². The van der Waals surface area contributed by atoms with Gasteiger partial charge in [0.05, 0.1) is 94.7 Å². The Balaban J connectivity index is 0.000000276. The van der Waals surface area contributed by atoms with Crippen molar-refractivity contribution < 1.29 is 124 Å². The minimum absolute atomic E-state index is 0.00940. The molecule has 0 spiro atoms. The van der Waals surface area contributed by atoms with Gasteiger partial charge in [-0.25, -0.2) is 38.4 Å². The lowest BCUT2D eigenvalue weighted by Gasteiger charge is -2.27. The minimum atomic E-state index is -0.937. The van der Waals surface area contributed by atoms with Crippen molar-refractivity contribution in [1.82, 2.24) is 29.1 Å². The van der Waals surface area contributed by atoms with Gasteiger partial charge in [0.1, 0.15) is 51.5 Å². The van der Waals surface area contributed by atoms with Gasteiger partial charge in [0.15, 0.2) is 17.3 Å². The molecule has 15 atom stereocenters. The molecular formula is C78H110Br2N6O26. The number of Topliss-reactive ketones (excluding diaryl/α,β-unsaturated/α-hetero) is 3. The number of aromatic nitrogens is 1. The number of ketones is 3. The maximum Gasteiger partial charge on any atom is 0.418 e. The minimum Gasteiger partial charge on any atom is -0.469 e. The smallest absolute Gasteiger partial charge is 0.418 e. The van der Waals surface area contributed by atoms with Crippen molar-refractivity contribution in [2.24, 2.45) is 17.8 Å². The van der Waals surface area contributed by atoms with Gasteiger partial charge in [0.25, 0.3) is 0 Å². The number of nitrogens with zero attached hydrogens (tertiary/aromatic N) is 6. The van der Waals surface area contributed by atoms with Crippen molar-refractivity contribution in [2.75, 3.05) is 35.5 Å². The molecule has 0 aromatic carbocycles. The standard InChI is InChI=1S/C13H18BrNO4.C13H19NO5.C13H17NO5.C11H19NO3.C11H17NO3.C9H13NO2.C4H3BrO2.C4H4O2/c1-13(2,3)19-12(17)15-7-5-6-8(15)10(14)9(7)11(16)18-4;2*1-13(2,3)19-12(17)14-7-5-6-8(14)10(15)9(7)11(16)18-4;2*1-11(2,3)15-10(14)12-7-4-5-8(12)9(13)6-7;1-9(2,3)12-8(11)10-6-4-5-7-10;1-7-4(6)2-3-5;1-3-4(5)6-2/h5-10H,1-4H3;7-9H,5-6H2,1-4H3;5-9H,1-4H3;7-9,13H,4-6H2,1-3H3;7-8H,4-6H2,1-3H3;4-7H,1-3H3;1H3;1H,2H3. The fraction of sp³-hybridized carbons (Fsp3) is 0.667. The zero-order chi connectivity index (χ0) is 85.4. The second kappa shape index (κ2) is 39.6. The summed E-state index contributed by atoms with van der Waals surface area (Å²) < 4.78 is 55.3. The number of terminal acetylenes is 1. The lowest BCUT2D eigenvalue weighted by Crippen LogP contribution is -2.42. The second-order valence-corrected chi connectivity index (χ2v) is 34.5. The van der Waals surface area contributed by atoms with Gasteiger partial charge in [-0.05, 0) is 187 Å². The molecule has 11 rings (SSSR count). The van der Waals surface area contributed by atoms with Crippen LogP contribution in [0.5, 0.6) is 0 Å². The Hall–Kier alpha value is -9.02. The summed E-state index contributed by atoms with van der Waals surface area (Å²) in [5.74, 6) is -1.32. The predicted octanol–water partition coefficient (Wildman–Crippen LogP) is 9.95. The van der Waals surface area contributed by atoms with Crippen LogP contribution in [0.25, 0.3) is 0 Å². The Bertz CT molecular complexity index is 3730. The summed E-state index contributed by atoms with van der Waals surface area (Å²) in [5.41, 5.74) is -3.19. The van der Waals surface area contributed by atoms with Crippen molar-refractivity contribution in [1.29, 1.82) is 0 Å². The number of alkyl halides is 1. The van der Waals surface area contributed by atoms with Gasteiger partial charge in [-0.2, -0.15) is 0 Å². The molecular weight excluding hydrogens is 1600 g/mol. The van der Waals surface area contributed by atoms with Crippen LogP contribution in [0, 0.1) is 40.8 Å². The highest BCUT2D eigenvalue weighted by molar-refractivity contribution is 9.12. The molecule has 0 saturated carbocycles. The van der Waals surface area contributed by atoms with Crippen molar-refractivity contribution in [3.63, 3.8) is 0 Å². The van der Waals surface area contributed by atoms with E-state index in [2.05, 4.69) is 68.0 Å². The zero-order valence-electron chi connectivity index (χ0n) is 68.1. The van der Waals surface area contributed by atoms with E-state index >= 15 is 0 Å². The summed E-state index contributed by atoms with van der Waals surface area (Å²) in [6.45, 7) is 32.6. The highest BCUT2D eigenvalue weighted by atomic mass is 79.9. The van der Waals surface area contributed by atoms with Gasteiger partial charge in [-0.3, -0.25) is 57.8 Å². The summed E-state index contributed by atoms with van der Waals surface area (Å²) in [6, 6.07) is 0.911. The molecule has 5 amide bonds. The van der Waals surface area contributed by atoms with Crippen LogP contribution in [0.1, 0.15) is 176 Å². The summed E-state index contributed by atoms with van der Waals surface area (Å²) >= 11 is 6.22. The van der Waals surface area contributed by atoms with Crippen molar-refractivity contribution in [3.8, 4) is 23.1 Å². The molecule has 10 aliphatic rings. The summed E-state index contributed by atoms with van der Waals surface area (Å²) in [6.07, 6.45) is 18.3. The van der Waals surface area contributed by atoms with Crippen LogP contribution in [0.4, 0.5) is 28.8 Å². The molecule has 622 valence electrons. The Kier molecular flexibility index (Phi) is 33.7. The number of aliphatic hydroxyl groups is 1. The van der Waals surface area contributed by atoms with E-state index in [4.69, 9.17) is 33.2 Å². The van der Waals surface area contributed by atoms with Crippen LogP contribution in [0.15, 0.2) is 48.8 Å². The Morgan fingerprint density at radius 3 is 1.25 bits per heavy atom. The Morgan fingerprint density at radius 1 is 0.446 bits per heavy atom. The van der Waals surface area contributed by atoms with E-state index in [1.54, 1.807) is 98.8 Å². The molecule has 10 aliphatic heterocycles. The molecule has 15 unspecified atom stereocenters. The maximum absolute atomic E-state index is 12.2. The van der Waals surface area contributed by atoms with E-state index in [0.29, 0.717) is 25.7 Å². The number of esters is 5. The van der Waals surface area contributed by atoms with Crippen LogP contribution in [0.3, 0.4) is 0 Å².